The van der Waals surface area contributed by atoms with Crippen molar-refractivity contribution in [3.8, 4) is 0 Å². The van der Waals surface area contributed by atoms with Gasteiger partial charge in [-0.3, -0.25) is 0 Å². The Balaban J connectivity index is 2.80. The molecule has 0 atom stereocenters. The second-order valence-electron chi connectivity index (χ2n) is 2.62. The molecule has 0 saturated carbocycles. The molecule has 2 rings (SSSR count). The van der Waals surface area contributed by atoms with Crippen LogP contribution < -0.4 is 0 Å². The molecule has 0 aliphatic rings. The van der Waals surface area contributed by atoms with Crippen LogP contribution in [-0.4, -0.2) is 0 Å². The van der Waals surface area contributed by atoms with E-state index in [1.165, 1.54) is 22.1 Å². The third-order valence-electron chi connectivity index (χ3n) is 1.77. The first-order chi connectivity index (χ1) is 6.22. The van der Waals surface area contributed by atoms with Crippen molar-refractivity contribution in [1.29, 1.82) is 0 Å². The normalized spacial score (nSPS) is 11.0. The maximum Gasteiger partial charge on any atom is 0.0490 e. The van der Waals surface area contributed by atoms with Gasteiger partial charge in [0.05, 0.1) is 0 Å². The summed E-state index contributed by atoms with van der Waals surface area (Å²) in [5, 5.41) is 2.35. The van der Waals surface area contributed by atoms with E-state index in [0.29, 0.717) is 0 Å². The second kappa shape index (κ2) is 4.32. The Hall–Kier alpha value is 1.12. The fraction of sp³-hybridized carbons (Fsp3) is 0.111. The van der Waals surface area contributed by atoms with E-state index in [4.69, 9.17) is 0 Å². The first-order valence-corrected chi connectivity index (χ1v) is 7.74. The van der Waals surface area contributed by atoms with Gasteiger partial charge in [-0.15, -0.1) is 11.3 Å². The molecule has 0 radical (unpaired) electrons. The van der Waals surface area contributed by atoms with E-state index in [1.807, 2.05) is 11.3 Å². The van der Waals surface area contributed by atoms with Crippen molar-refractivity contribution in [2.75, 3.05) is 0 Å². The van der Waals surface area contributed by atoms with Crippen LogP contribution in [0.1, 0.15) is 4.88 Å². The van der Waals surface area contributed by atoms with E-state index in [-0.39, 0.29) is 0 Å². The molecule has 0 saturated heterocycles. The van der Waals surface area contributed by atoms with Crippen molar-refractivity contribution in [3.63, 3.8) is 0 Å². The van der Waals surface area contributed by atoms with E-state index in [0.717, 1.165) is 5.33 Å². The second-order valence-corrected chi connectivity index (χ2v) is 6.64. The number of alkyl halides is 1. The van der Waals surface area contributed by atoms with Crippen LogP contribution in [0.15, 0.2) is 18.2 Å². The van der Waals surface area contributed by atoms with Crippen LogP contribution in [0, 0.1) is 7.14 Å². The van der Waals surface area contributed by atoms with Gasteiger partial charge in [0.2, 0.25) is 0 Å². The van der Waals surface area contributed by atoms with Crippen LogP contribution in [0.5, 0.6) is 0 Å². The smallest absolute Gasteiger partial charge is 0.0490 e. The van der Waals surface area contributed by atoms with Crippen molar-refractivity contribution < 1.29 is 0 Å². The topological polar surface area (TPSA) is 0 Å². The van der Waals surface area contributed by atoms with E-state index >= 15 is 0 Å². The van der Waals surface area contributed by atoms with E-state index in [2.05, 4.69) is 79.3 Å². The highest BCUT2D eigenvalue weighted by Crippen LogP contribution is 2.33. The Morgan fingerprint density at radius 3 is 2.54 bits per heavy atom. The molecule has 1 heterocycles. The maximum absolute atomic E-state index is 3.49. The SMILES string of the molecule is BrCc1cc2c(I)ccc(I)c2s1. The summed E-state index contributed by atoms with van der Waals surface area (Å²) >= 11 is 10.2. The number of thiophene rings is 1. The Kier molecular flexibility index (Phi) is 3.53. The molecule has 13 heavy (non-hydrogen) atoms. The summed E-state index contributed by atoms with van der Waals surface area (Å²) < 4.78 is 4.11. The average molecular weight is 479 g/mol. The molecule has 0 nitrogen and oxygen atoms in total. The molecular formula is C9H5BrI2S. The van der Waals surface area contributed by atoms with Gasteiger partial charge < -0.3 is 0 Å². The van der Waals surface area contributed by atoms with Crippen LogP contribution >= 0.6 is 72.4 Å². The van der Waals surface area contributed by atoms with Crippen LogP contribution in [0.4, 0.5) is 0 Å². The molecule has 4 heteroatoms. The first-order valence-electron chi connectivity index (χ1n) is 3.65. The fourth-order valence-electron chi connectivity index (χ4n) is 1.17. The minimum Gasteiger partial charge on any atom is -0.138 e. The number of benzene rings is 1. The average Bonchev–Trinajstić information content (AvgIpc) is 2.56. The van der Waals surface area contributed by atoms with Crippen molar-refractivity contribution >= 4 is 82.5 Å². The van der Waals surface area contributed by atoms with Crippen LogP contribution in [-0.2, 0) is 5.33 Å². The van der Waals surface area contributed by atoms with Crippen molar-refractivity contribution in [2.24, 2.45) is 0 Å². The van der Waals surface area contributed by atoms with Gasteiger partial charge in [-0.05, 0) is 63.4 Å². The van der Waals surface area contributed by atoms with Gasteiger partial charge in [0, 0.05) is 27.4 Å². The van der Waals surface area contributed by atoms with Crippen LogP contribution in [0.3, 0.4) is 0 Å². The summed E-state index contributed by atoms with van der Waals surface area (Å²) in [7, 11) is 0. The zero-order valence-electron chi connectivity index (χ0n) is 6.48. The molecule has 0 amide bonds. The number of hydrogen-bond donors (Lipinski definition) is 0. The molecule has 0 aliphatic carbocycles. The minimum absolute atomic E-state index is 0.957. The van der Waals surface area contributed by atoms with Gasteiger partial charge in [0.15, 0.2) is 0 Å². The zero-order valence-corrected chi connectivity index (χ0v) is 13.2. The molecule has 1 aromatic carbocycles. The molecule has 0 N–H and O–H groups in total. The van der Waals surface area contributed by atoms with Gasteiger partial charge in [0.25, 0.3) is 0 Å². The predicted octanol–water partition coefficient (Wildman–Crippen LogP) is 5.01. The maximum atomic E-state index is 3.49. The lowest BCUT2D eigenvalue weighted by Crippen LogP contribution is -1.74. The van der Waals surface area contributed by atoms with Gasteiger partial charge in [0.1, 0.15) is 0 Å². The molecule has 0 bridgehead atoms. The van der Waals surface area contributed by atoms with Gasteiger partial charge in [-0.2, -0.15) is 0 Å². The number of halogens is 3. The van der Waals surface area contributed by atoms with E-state index < -0.39 is 0 Å². The fourth-order valence-corrected chi connectivity index (χ4v) is 4.21. The standard InChI is InChI=1S/C9H5BrI2S/c10-4-5-3-6-7(11)1-2-8(12)9(6)13-5/h1-3H,4H2. The Morgan fingerprint density at radius 2 is 1.92 bits per heavy atom. The molecular weight excluding hydrogens is 474 g/mol. The summed E-state index contributed by atoms with van der Waals surface area (Å²) in [6.07, 6.45) is 0. The monoisotopic (exact) mass is 478 g/mol. The first kappa shape index (κ1) is 10.6. The van der Waals surface area contributed by atoms with Crippen molar-refractivity contribution in [1.82, 2.24) is 0 Å². The highest BCUT2D eigenvalue weighted by molar-refractivity contribution is 14.1. The molecule has 0 unspecified atom stereocenters. The van der Waals surface area contributed by atoms with Crippen molar-refractivity contribution in [3.05, 3.63) is 30.2 Å². The highest BCUT2D eigenvalue weighted by Gasteiger charge is 2.06. The lowest BCUT2D eigenvalue weighted by molar-refractivity contribution is 1.59. The minimum atomic E-state index is 0.957. The number of hydrogen-bond acceptors (Lipinski definition) is 1. The van der Waals surface area contributed by atoms with Crippen LogP contribution in [0.25, 0.3) is 10.1 Å². The summed E-state index contributed by atoms with van der Waals surface area (Å²) in [6, 6.07) is 6.63. The summed E-state index contributed by atoms with van der Waals surface area (Å²) in [5.74, 6) is 0. The molecule has 0 aliphatic heterocycles. The molecule has 68 valence electrons. The molecule has 2 aromatic rings. The summed E-state index contributed by atoms with van der Waals surface area (Å²) in [4.78, 5) is 1.40. The summed E-state index contributed by atoms with van der Waals surface area (Å²) in [5.41, 5.74) is 0. The zero-order chi connectivity index (χ0) is 9.42. The molecule has 1 aromatic heterocycles. The third kappa shape index (κ3) is 2.05. The Bertz CT molecular complexity index is 411. The third-order valence-corrected chi connectivity index (χ3v) is 6.11. The van der Waals surface area contributed by atoms with Gasteiger partial charge in [-0.25, -0.2) is 0 Å². The lowest BCUT2D eigenvalue weighted by Gasteiger charge is -1.95. The Morgan fingerprint density at radius 1 is 1.23 bits per heavy atom. The van der Waals surface area contributed by atoms with E-state index in [1.54, 1.807) is 0 Å². The molecule has 0 spiro atoms. The quantitative estimate of drug-likeness (QED) is 0.399. The Labute approximate surface area is 117 Å². The largest absolute Gasteiger partial charge is 0.138 e. The summed E-state index contributed by atoms with van der Waals surface area (Å²) in [6.45, 7) is 0. The predicted molar refractivity (Wildman–Crippen MR) is 79.9 cm³/mol. The number of fused-ring (bicyclic) bond motifs is 1. The van der Waals surface area contributed by atoms with E-state index in [9.17, 15) is 0 Å². The number of rotatable bonds is 1. The highest BCUT2D eigenvalue weighted by atomic mass is 127. The lowest BCUT2D eigenvalue weighted by atomic mass is 10.2. The molecule has 0 fully saturated rings. The van der Waals surface area contributed by atoms with Crippen molar-refractivity contribution in [2.45, 2.75) is 5.33 Å². The van der Waals surface area contributed by atoms with Crippen LogP contribution in [0.2, 0.25) is 0 Å². The van der Waals surface area contributed by atoms with Gasteiger partial charge in [-0.1, -0.05) is 15.9 Å². The van der Waals surface area contributed by atoms with Gasteiger partial charge >= 0.3 is 0 Å².